The highest BCUT2D eigenvalue weighted by atomic mass is 32.2. The lowest BCUT2D eigenvalue weighted by molar-refractivity contribution is 0.0689. The molecule has 2 fully saturated rings. The topological polar surface area (TPSA) is 73.8 Å². The predicted molar refractivity (Wildman–Crippen MR) is 129 cm³/mol. The Kier molecular flexibility index (Phi) is 7.88. The molecule has 1 saturated carbocycles. The quantitative estimate of drug-likeness (QED) is 0.549. The van der Waals surface area contributed by atoms with E-state index >= 15 is 0 Å². The van der Waals surface area contributed by atoms with Crippen molar-refractivity contribution in [1.82, 2.24) is 18.5 Å². The number of hydrogen-bond donors (Lipinski definition) is 0. The lowest BCUT2D eigenvalue weighted by atomic mass is 9.96. The van der Waals surface area contributed by atoms with Crippen LogP contribution in [0.5, 0.6) is 0 Å². The molecule has 10 heteroatoms. The lowest BCUT2D eigenvalue weighted by Crippen LogP contribution is -2.55. The molecule has 174 valence electrons. The van der Waals surface area contributed by atoms with Crippen molar-refractivity contribution in [2.45, 2.75) is 48.8 Å². The first kappa shape index (κ1) is 23.7. The molecule has 0 atom stereocenters. The Morgan fingerprint density at radius 3 is 2.56 bits per heavy atom. The first-order chi connectivity index (χ1) is 15.5. The van der Waals surface area contributed by atoms with Crippen LogP contribution in [0.25, 0.3) is 0 Å². The van der Waals surface area contributed by atoms with Crippen molar-refractivity contribution in [2.24, 2.45) is 0 Å². The van der Waals surface area contributed by atoms with Crippen molar-refractivity contribution in [3.63, 3.8) is 0 Å². The second-order valence-corrected chi connectivity index (χ2v) is 12.0. The highest BCUT2D eigenvalue weighted by Crippen LogP contribution is 2.28. The van der Waals surface area contributed by atoms with Crippen LogP contribution in [0.3, 0.4) is 0 Å². The van der Waals surface area contributed by atoms with Gasteiger partial charge in [-0.3, -0.25) is 4.79 Å². The minimum absolute atomic E-state index is 0.0379. The molecule has 1 saturated heterocycles. The van der Waals surface area contributed by atoms with Gasteiger partial charge in [-0.15, -0.1) is 23.1 Å². The molecule has 1 amide bonds. The van der Waals surface area contributed by atoms with Gasteiger partial charge < -0.3 is 4.90 Å². The maximum atomic E-state index is 13.2. The number of aromatic nitrogens is 1. The molecule has 2 aromatic rings. The van der Waals surface area contributed by atoms with Gasteiger partial charge in [0, 0.05) is 55.3 Å². The molecule has 2 heterocycles. The van der Waals surface area contributed by atoms with Crippen molar-refractivity contribution in [3.05, 3.63) is 46.4 Å². The number of hydrogen-bond acceptors (Lipinski definition) is 6. The molecule has 0 bridgehead atoms. The highest BCUT2D eigenvalue weighted by molar-refractivity contribution is 7.98. The molecular weight excluding hydrogens is 464 g/mol. The number of carbonyl (C=O) groups is 1. The van der Waals surface area contributed by atoms with Crippen LogP contribution >= 0.6 is 23.1 Å². The van der Waals surface area contributed by atoms with E-state index in [1.165, 1.54) is 10.7 Å². The number of benzene rings is 1. The number of rotatable bonds is 7. The summed E-state index contributed by atoms with van der Waals surface area (Å²) in [5.74, 6) is 0.678. The zero-order valence-corrected chi connectivity index (χ0v) is 20.8. The number of nitrogens with zero attached hydrogens (tertiary/aromatic N) is 4. The Labute approximate surface area is 199 Å². The summed E-state index contributed by atoms with van der Waals surface area (Å²) in [6, 6.07) is 7.72. The molecule has 1 aromatic heterocycles. The molecule has 0 radical (unpaired) electrons. The second-order valence-electron chi connectivity index (χ2n) is 8.27. The first-order valence-corrected chi connectivity index (χ1v) is 14.4. The third kappa shape index (κ3) is 5.36. The lowest BCUT2D eigenvalue weighted by Gasteiger charge is -2.38. The van der Waals surface area contributed by atoms with Gasteiger partial charge in [0.05, 0.1) is 16.8 Å². The van der Waals surface area contributed by atoms with Gasteiger partial charge in [-0.25, -0.2) is 4.98 Å². The molecule has 1 aliphatic carbocycles. The predicted octanol–water partition coefficient (Wildman–Crippen LogP) is 3.70. The summed E-state index contributed by atoms with van der Waals surface area (Å²) < 4.78 is 29.3. The van der Waals surface area contributed by atoms with Crippen LogP contribution in [0.4, 0.5) is 0 Å². The van der Waals surface area contributed by atoms with Crippen molar-refractivity contribution in [2.75, 3.05) is 33.2 Å². The van der Waals surface area contributed by atoms with Crippen LogP contribution in [0.15, 0.2) is 40.1 Å². The average Bonchev–Trinajstić information content (AvgIpc) is 3.36. The van der Waals surface area contributed by atoms with Crippen molar-refractivity contribution in [3.8, 4) is 0 Å². The maximum absolute atomic E-state index is 13.2. The Balaban J connectivity index is 1.37. The van der Waals surface area contributed by atoms with Gasteiger partial charge in [-0.1, -0.05) is 31.4 Å². The monoisotopic (exact) mass is 494 g/mol. The molecule has 0 unspecified atom stereocenters. The molecule has 7 nitrogen and oxygen atoms in total. The van der Waals surface area contributed by atoms with E-state index in [0.29, 0.717) is 37.5 Å². The van der Waals surface area contributed by atoms with Crippen LogP contribution in [-0.2, 0) is 16.0 Å². The summed E-state index contributed by atoms with van der Waals surface area (Å²) in [4.78, 5) is 20.3. The number of amides is 1. The van der Waals surface area contributed by atoms with Gasteiger partial charge in [0.15, 0.2) is 0 Å². The molecule has 1 aromatic carbocycles. The Morgan fingerprint density at radius 2 is 1.88 bits per heavy atom. The van der Waals surface area contributed by atoms with Crippen LogP contribution in [0.2, 0.25) is 0 Å². The van der Waals surface area contributed by atoms with E-state index in [2.05, 4.69) is 4.98 Å². The summed E-state index contributed by atoms with van der Waals surface area (Å²) in [6.07, 6.45) is 5.24. The Hall–Kier alpha value is -1.46. The van der Waals surface area contributed by atoms with E-state index in [-0.39, 0.29) is 11.9 Å². The Morgan fingerprint density at radius 1 is 1.16 bits per heavy atom. The van der Waals surface area contributed by atoms with Crippen molar-refractivity contribution >= 4 is 39.2 Å². The molecule has 32 heavy (non-hydrogen) atoms. The molecule has 0 spiro atoms. The summed E-state index contributed by atoms with van der Waals surface area (Å²) in [7, 11) is -1.79. The Bertz CT molecular complexity index is 999. The van der Waals surface area contributed by atoms with Gasteiger partial charge in [0.25, 0.3) is 16.1 Å². The largest absolute Gasteiger partial charge is 0.336 e. The van der Waals surface area contributed by atoms with Crippen LogP contribution < -0.4 is 0 Å². The van der Waals surface area contributed by atoms with E-state index in [0.717, 1.165) is 36.3 Å². The number of thioether (sulfide) groups is 1. The van der Waals surface area contributed by atoms with E-state index in [1.54, 1.807) is 39.4 Å². The fraction of sp³-hybridized carbons (Fsp3) is 0.545. The summed E-state index contributed by atoms with van der Waals surface area (Å²) >= 11 is 3.17. The van der Waals surface area contributed by atoms with E-state index in [1.807, 2.05) is 35.2 Å². The number of carbonyl (C=O) groups excluding carboxylic acids is 1. The van der Waals surface area contributed by atoms with Gasteiger partial charge in [0.1, 0.15) is 0 Å². The van der Waals surface area contributed by atoms with Crippen LogP contribution in [-0.4, -0.2) is 72.1 Å². The fourth-order valence-electron chi connectivity index (χ4n) is 4.34. The summed E-state index contributed by atoms with van der Waals surface area (Å²) in [5.41, 5.74) is 3.48. The van der Waals surface area contributed by atoms with Gasteiger partial charge in [-0.2, -0.15) is 17.0 Å². The van der Waals surface area contributed by atoms with E-state index < -0.39 is 10.2 Å². The highest BCUT2D eigenvalue weighted by Gasteiger charge is 2.35. The molecule has 2 aliphatic rings. The zero-order chi connectivity index (χ0) is 22.6. The normalized spacial score (nSPS) is 18.9. The minimum atomic E-state index is -3.50. The van der Waals surface area contributed by atoms with Crippen LogP contribution in [0.1, 0.15) is 48.2 Å². The fourth-order valence-corrected chi connectivity index (χ4v) is 7.52. The van der Waals surface area contributed by atoms with Crippen LogP contribution in [0, 0.1) is 0 Å². The first-order valence-electron chi connectivity index (χ1n) is 11.1. The van der Waals surface area contributed by atoms with E-state index in [9.17, 15) is 13.2 Å². The smallest absolute Gasteiger partial charge is 0.282 e. The second kappa shape index (κ2) is 10.6. The van der Waals surface area contributed by atoms with Gasteiger partial charge in [-0.05, 0) is 25.0 Å². The minimum Gasteiger partial charge on any atom is -0.336 e. The summed E-state index contributed by atoms with van der Waals surface area (Å²) in [5, 5.41) is 2.02. The van der Waals surface area contributed by atoms with E-state index in [4.69, 9.17) is 0 Å². The molecule has 4 rings (SSSR count). The third-order valence-corrected chi connectivity index (χ3v) is 10.1. The molecular formula is C22H30N4O3S3. The SMILES string of the molecule is CN(C1CCCCC1)S(=O)(=O)N1CCN(C(=O)c2ccccc2SCc2cscn2)CC1. The summed E-state index contributed by atoms with van der Waals surface area (Å²) in [6.45, 7) is 1.47. The number of piperazine rings is 1. The zero-order valence-electron chi connectivity index (χ0n) is 18.4. The van der Waals surface area contributed by atoms with Gasteiger partial charge in [0.2, 0.25) is 0 Å². The number of thiazole rings is 1. The molecule has 0 N–H and O–H groups in total. The third-order valence-electron chi connectivity index (χ3n) is 6.28. The van der Waals surface area contributed by atoms with Crippen molar-refractivity contribution < 1.29 is 13.2 Å². The molecule has 1 aliphatic heterocycles. The van der Waals surface area contributed by atoms with Crippen molar-refractivity contribution in [1.29, 1.82) is 0 Å². The van der Waals surface area contributed by atoms with Gasteiger partial charge >= 0.3 is 0 Å². The average molecular weight is 495 g/mol. The maximum Gasteiger partial charge on any atom is 0.282 e. The standard InChI is InChI=1S/C22H30N4O3S3/c1-24(19-7-3-2-4-8-19)32(28,29)26-13-11-25(12-14-26)22(27)20-9-5-6-10-21(20)31-16-18-15-30-17-23-18/h5-6,9-10,15,17,19H,2-4,7-8,11-14,16H2,1H3.